The molecule has 0 fully saturated rings. The zero-order valence-electron chi connectivity index (χ0n) is 1.82. The first-order valence-corrected chi connectivity index (χ1v) is 5.81. The van der Waals surface area contributed by atoms with E-state index < -0.39 is 0 Å². The summed E-state index contributed by atoms with van der Waals surface area (Å²) in [7, 11) is 4.25. The Morgan fingerprint density at radius 2 is 1.25 bits per heavy atom. The van der Waals surface area contributed by atoms with Gasteiger partial charge in [0.15, 0.2) is 0 Å². The predicted molar refractivity (Wildman–Crippen MR) is 17.5 cm³/mol. The normalized spacial score (nSPS) is 1.50. The summed E-state index contributed by atoms with van der Waals surface area (Å²) in [4.78, 5) is 0. The van der Waals surface area contributed by atoms with Crippen LogP contribution in [-0.2, 0) is 43.2 Å². The summed E-state index contributed by atoms with van der Waals surface area (Å²) in [6, 6.07) is 0. The molecule has 0 atom stereocenters. The first-order valence-electron chi connectivity index (χ1n) is 0.289. The SMILES string of the molecule is [InH3].[S]=[Cd].[Zn]. The van der Waals surface area contributed by atoms with Crippen LogP contribution in [0.4, 0.5) is 0 Å². The van der Waals surface area contributed by atoms with Crippen molar-refractivity contribution in [2.45, 2.75) is 0 Å². The van der Waals surface area contributed by atoms with Gasteiger partial charge in [0.1, 0.15) is 0 Å². The van der Waals surface area contributed by atoms with Gasteiger partial charge in [-0.2, -0.15) is 0 Å². The van der Waals surface area contributed by atoms with Gasteiger partial charge in [-0.25, -0.2) is 0 Å². The third-order valence-electron chi connectivity index (χ3n) is 0. The average molecular weight is 328 g/mol. The van der Waals surface area contributed by atoms with Crippen LogP contribution in [0.2, 0.25) is 0 Å². The van der Waals surface area contributed by atoms with Crippen molar-refractivity contribution in [3.63, 3.8) is 0 Å². The van der Waals surface area contributed by atoms with Gasteiger partial charge in [0.25, 0.3) is 0 Å². The van der Waals surface area contributed by atoms with Crippen molar-refractivity contribution in [1.82, 2.24) is 0 Å². The molecule has 0 aromatic carbocycles. The van der Waals surface area contributed by atoms with Gasteiger partial charge in [-0.15, -0.1) is 0 Å². The minimum atomic E-state index is 0. The molecule has 0 aromatic rings. The number of hydrogen-bond acceptors (Lipinski definition) is 1. The molecule has 0 saturated carbocycles. The molecule has 0 bridgehead atoms. The van der Waals surface area contributed by atoms with E-state index in [4.69, 9.17) is 0 Å². The Kier molecular flexibility index (Phi) is 69.5. The third-order valence-corrected chi connectivity index (χ3v) is 0. The fraction of sp³-hybridized carbons (Fsp3) is 0. The van der Waals surface area contributed by atoms with Crippen molar-refractivity contribution in [3.05, 3.63) is 0 Å². The zero-order chi connectivity index (χ0) is 2.00. The van der Waals surface area contributed by atoms with Gasteiger partial charge in [0.05, 0.1) is 0 Å². The molecule has 0 rings (SSSR count). The summed E-state index contributed by atoms with van der Waals surface area (Å²) in [5.41, 5.74) is 0. The summed E-state index contributed by atoms with van der Waals surface area (Å²) in [5.74, 6) is 0. The van der Waals surface area contributed by atoms with Crippen LogP contribution in [0.3, 0.4) is 0 Å². The smallest absolute Gasteiger partial charge is 0 e. The molecule has 0 unspecified atom stereocenters. The van der Waals surface area contributed by atoms with E-state index in [0.29, 0.717) is 0 Å². The zero-order valence-corrected chi connectivity index (χ0v) is 9.64. The van der Waals surface area contributed by atoms with Crippen LogP contribution in [-0.4, -0.2) is 25.8 Å². The summed E-state index contributed by atoms with van der Waals surface area (Å²) >= 11 is 0.733. The second-order valence-electron chi connectivity index (χ2n) is 0. The maximum Gasteiger partial charge on any atom is 0 e. The quantitative estimate of drug-likeness (QED) is 0.539. The largest absolute Gasteiger partial charge is 0 e. The van der Waals surface area contributed by atoms with Gasteiger partial charge < -0.3 is 0 Å². The Labute approximate surface area is 76.2 Å². The fourth-order valence-corrected chi connectivity index (χ4v) is 0. The summed E-state index contributed by atoms with van der Waals surface area (Å²) in [6.45, 7) is 0. The summed E-state index contributed by atoms with van der Waals surface area (Å²) in [5, 5.41) is 0. The third kappa shape index (κ3) is 8.82. The van der Waals surface area contributed by atoms with Crippen LogP contribution in [0, 0.1) is 0 Å². The molecule has 16 valence electrons. The minimum absolute atomic E-state index is 0. The predicted octanol–water partition coefficient (Wildman–Crippen LogP) is -0.541. The molecule has 0 aliphatic carbocycles. The van der Waals surface area contributed by atoms with E-state index in [1.54, 1.807) is 0 Å². The van der Waals surface area contributed by atoms with Crippen LogP contribution >= 0.6 is 8.65 Å². The Hall–Kier alpha value is 2.64. The van der Waals surface area contributed by atoms with Crippen LogP contribution in [0.5, 0.6) is 0 Å². The van der Waals surface area contributed by atoms with Gasteiger partial charge in [-0.1, -0.05) is 0 Å². The molecule has 0 aliphatic heterocycles. The topological polar surface area (TPSA) is 0 Å². The van der Waals surface area contributed by atoms with Crippen molar-refractivity contribution in [2.75, 3.05) is 0 Å². The first kappa shape index (κ1) is 15.9. The Balaban J connectivity index is -0.00000000500. The second-order valence-corrected chi connectivity index (χ2v) is 0. The van der Waals surface area contributed by atoms with E-state index in [-0.39, 0.29) is 45.3 Å². The van der Waals surface area contributed by atoms with E-state index in [9.17, 15) is 0 Å². The molecule has 0 heterocycles. The molecule has 4 heteroatoms. The van der Waals surface area contributed by atoms with Crippen molar-refractivity contribution in [3.8, 4) is 0 Å². The Morgan fingerprint density at radius 1 is 1.25 bits per heavy atom. The Morgan fingerprint density at radius 3 is 1.25 bits per heavy atom. The van der Waals surface area contributed by atoms with E-state index in [1.165, 1.54) is 0 Å². The minimum Gasteiger partial charge on any atom is 0 e. The molecule has 0 spiro atoms. The van der Waals surface area contributed by atoms with Crippen molar-refractivity contribution in [1.29, 1.82) is 0 Å². The Bertz CT molecular complexity index is 8.00. The number of rotatable bonds is 0. The van der Waals surface area contributed by atoms with Gasteiger partial charge in [-0.3, -0.25) is 0 Å². The van der Waals surface area contributed by atoms with Crippen LogP contribution in [0.15, 0.2) is 0 Å². The van der Waals surface area contributed by atoms with Crippen molar-refractivity contribution < 1.29 is 43.2 Å². The van der Waals surface area contributed by atoms with Gasteiger partial charge in [0, 0.05) is 19.5 Å². The summed E-state index contributed by atoms with van der Waals surface area (Å²) < 4.78 is 0. The molecule has 0 N–H and O–H groups in total. The number of hydrogen-bond donors (Lipinski definition) is 0. The first-order chi connectivity index (χ1) is 1.00. The van der Waals surface area contributed by atoms with Crippen molar-refractivity contribution in [2.24, 2.45) is 0 Å². The van der Waals surface area contributed by atoms with Gasteiger partial charge >= 0.3 is 58.2 Å². The molecule has 0 saturated heterocycles. The molecule has 0 nitrogen and oxygen atoms in total. The molecule has 0 radical (unpaired) electrons. The molecular formula is H3CdInSZn. The van der Waals surface area contributed by atoms with E-state index >= 15 is 0 Å². The maximum atomic E-state index is 4.25. The molecule has 4 heavy (non-hydrogen) atoms. The van der Waals surface area contributed by atoms with E-state index in [0.717, 1.165) is 23.7 Å². The van der Waals surface area contributed by atoms with E-state index in [2.05, 4.69) is 8.65 Å². The van der Waals surface area contributed by atoms with Crippen LogP contribution in [0.1, 0.15) is 0 Å². The van der Waals surface area contributed by atoms with Crippen LogP contribution in [0.25, 0.3) is 0 Å². The van der Waals surface area contributed by atoms with Gasteiger partial charge in [0.2, 0.25) is 0 Å². The van der Waals surface area contributed by atoms with E-state index in [1.807, 2.05) is 0 Å². The standard InChI is InChI=1S/Cd.In.S.Zn.3H. The van der Waals surface area contributed by atoms with Crippen molar-refractivity contribution >= 4 is 34.5 Å². The molecule has 0 aromatic heterocycles. The van der Waals surface area contributed by atoms with Gasteiger partial charge in [-0.05, 0) is 0 Å². The molecular weight excluding hydrogens is 325 g/mol. The molecule has 0 aliphatic rings. The summed E-state index contributed by atoms with van der Waals surface area (Å²) in [6.07, 6.45) is 0. The maximum absolute atomic E-state index is 4.25. The monoisotopic (exact) mass is 328 g/mol. The second kappa shape index (κ2) is 17.4. The molecule has 0 amide bonds. The average Bonchev–Trinajstić information content (AvgIpc) is 1.00. The fourth-order valence-electron chi connectivity index (χ4n) is 0. The van der Waals surface area contributed by atoms with Crippen LogP contribution < -0.4 is 0 Å².